The van der Waals surface area contributed by atoms with E-state index in [0.29, 0.717) is 5.92 Å². The first-order valence-electron chi connectivity index (χ1n) is 16.3. The first-order valence-corrected chi connectivity index (χ1v) is 17.5. The molecule has 0 saturated carbocycles. The number of fused-ring (bicyclic) bond motifs is 3. The van der Waals surface area contributed by atoms with Crippen LogP contribution in [0, 0.1) is 19.9 Å². The summed E-state index contributed by atoms with van der Waals surface area (Å²) in [5, 5.41) is 0. The Morgan fingerprint density at radius 3 is 1.64 bits per heavy atom. The van der Waals surface area contributed by atoms with Crippen LogP contribution in [0.1, 0.15) is 111 Å². The molecular formula is C44H50Cl2Zr-2. The van der Waals surface area contributed by atoms with E-state index in [9.17, 15) is 0 Å². The monoisotopic (exact) mass is 738 g/mol. The minimum absolute atomic E-state index is 0. The Bertz CT molecular complexity index is 1630. The average molecular weight is 741 g/mol. The fourth-order valence-electron chi connectivity index (χ4n) is 5.81. The fourth-order valence-corrected chi connectivity index (χ4v) is 6.63. The van der Waals surface area contributed by atoms with E-state index in [-0.39, 0.29) is 35.6 Å². The van der Waals surface area contributed by atoms with Crippen molar-refractivity contribution in [3.05, 3.63) is 159 Å². The summed E-state index contributed by atoms with van der Waals surface area (Å²) in [5.74, 6) is 0.675. The Morgan fingerprint density at radius 1 is 0.702 bits per heavy atom. The van der Waals surface area contributed by atoms with E-state index in [4.69, 9.17) is 0 Å². The van der Waals surface area contributed by atoms with Crippen LogP contribution in [0.4, 0.5) is 0 Å². The molecule has 0 radical (unpaired) electrons. The molecule has 246 valence electrons. The fraction of sp³-hybridized carbons (Fsp3) is 0.318. The van der Waals surface area contributed by atoms with Crippen molar-refractivity contribution in [2.45, 2.75) is 92.4 Å². The van der Waals surface area contributed by atoms with Crippen molar-refractivity contribution in [3.63, 3.8) is 0 Å². The predicted octanol–water partition coefficient (Wildman–Crippen LogP) is 5.61. The summed E-state index contributed by atoms with van der Waals surface area (Å²) in [7, 11) is 0. The van der Waals surface area contributed by atoms with Crippen molar-refractivity contribution in [2.24, 2.45) is 0 Å². The topological polar surface area (TPSA) is 0 Å². The van der Waals surface area contributed by atoms with E-state index in [1.165, 1.54) is 88.6 Å². The molecule has 0 spiro atoms. The predicted molar refractivity (Wildman–Crippen MR) is 193 cm³/mol. The second kappa shape index (κ2) is 17.3. The molecule has 0 amide bonds. The Labute approximate surface area is 313 Å². The van der Waals surface area contributed by atoms with Crippen LogP contribution in [-0.4, -0.2) is 3.21 Å². The van der Waals surface area contributed by atoms with Crippen LogP contribution in [0.25, 0.3) is 11.1 Å². The number of halogens is 2. The van der Waals surface area contributed by atoms with E-state index >= 15 is 0 Å². The van der Waals surface area contributed by atoms with Gasteiger partial charge in [-0.05, 0) is 17.4 Å². The maximum atomic E-state index is 3.53. The third kappa shape index (κ3) is 10.8. The summed E-state index contributed by atoms with van der Waals surface area (Å²) in [6.45, 7) is 22.5. The molecule has 0 nitrogen and oxygen atoms in total. The molecule has 0 aliphatic heterocycles. The maximum absolute atomic E-state index is 3.53. The Kier molecular flexibility index (Phi) is 15.0. The van der Waals surface area contributed by atoms with Crippen LogP contribution >= 0.6 is 0 Å². The average Bonchev–Trinajstić information content (AvgIpc) is 3.55. The van der Waals surface area contributed by atoms with Crippen LogP contribution in [0.2, 0.25) is 0 Å². The summed E-state index contributed by atoms with van der Waals surface area (Å²) < 4.78 is 1.42. The van der Waals surface area contributed by atoms with Crippen LogP contribution in [0.15, 0.2) is 103 Å². The molecule has 0 atom stereocenters. The molecule has 0 N–H and O–H groups in total. The van der Waals surface area contributed by atoms with E-state index in [0.717, 1.165) is 6.42 Å². The van der Waals surface area contributed by atoms with Crippen molar-refractivity contribution in [2.75, 3.05) is 0 Å². The van der Waals surface area contributed by atoms with Gasteiger partial charge in [-0.2, -0.15) is 52.1 Å². The SMILES string of the molecule is CC(C)(C)c1c[c-]c2c(c1)-c1cc(C(C)(C)C)ccc1C2.Cc1cc(C(C)C)c(C)[cH-]1.[Cl-].[Cl-].[Zr+2]=[C](c1ccccc1)c1ccccc1. The van der Waals surface area contributed by atoms with Crippen molar-refractivity contribution in [3.8, 4) is 11.1 Å². The molecule has 0 unspecified atom stereocenters. The molecule has 0 fully saturated rings. The van der Waals surface area contributed by atoms with Gasteiger partial charge in [0, 0.05) is 0 Å². The first kappa shape index (κ1) is 40.7. The molecule has 5 aromatic carbocycles. The second-order valence-corrected chi connectivity index (χ2v) is 16.0. The van der Waals surface area contributed by atoms with Gasteiger partial charge in [-0.15, -0.1) is 5.56 Å². The van der Waals surface area contributed by atoms with E-state index in [2.05, 4.69) is 178 Å². The van der Waals surface area contributed by atoms with E-state index in [1.54, 1.807) is 0 Å². The van der Waals surface area contributed by atoms with E-state index in [1.807, 2.05) is 0 Å². The van der Waals surface area contributed by atoms with Gasteiger partial charge < -0.3 is 24.8 Å². The summed E-state index contributed by atoms with van der Waals surface area (Å²) in [5.41, 5.74) is 15.7. The number of hydrogen-bond donors (Lipinski definition) is 0. The van der Waals surface area contributed by atoms with Gasteiger partial charge in [0.05, 0.1) is 0 Å². The zero-order chi connectivity index (χ0) is 32.9. The van der Waals surface area contributed by atoms with Crippen molar-refractivity contribution in [1.82, 2.24) is 0 Å². The zero-order valence-corrected chi connectivity index (χ0v) is 33.8. The van der Waals surface area contributed by atoms with Crippen molar-refractivity contribution >= 4 is 3.21 Å². The molecule has 3 heteroatoms. The summed E-state index contributed by atoms with van der Waals surface area (Å²) in [6.07, 6.45) is 1.03. The molecule has 5 aromatic rings. The molecule has 47 heavy (non-hydrogen) atoms. The van der Waals surface area contributed by atoms with Gasteiger partial charge in [-0.25, -0.2) is 6.07 Å². The number of benzene rings is 4. The molecule has 0 heterocycles. The van der Waals surface area contributed by atoms with Crippen LogP contribution in [0.3, 0.4) is 0 Å². The van der Waals surface area contributed by atoms with Gasteiger partial charge in [0.2, 0.25) is 0 Å². The first-order chi connectivity index (χ1) is 21.1. The van der Waals surface area contributed by atoms with Gasteiger partial charge in [0.25, 0.3) is 0 Å². The van der Waals surface area contributed by atoms with Crippen molar-refractivity contribution < 1.29 is 49.0 Å². The standard InChI is InChI=1S/C21H25.C13H10.C10H15.2ClH.Zr/c1-20(2,3)16-9-7-14-11-15-8-10-17(21(4,5)6)13-19(15)18(14)12-16;1-3-7-12(8-4-1)11-13-9-5-2-6-10-13;1-7(2)10-6-8(3)5-9(10)4;;;/h7,9-10,12-13H,11H2,1-6H3;1-10H;5-7H,1-4H3;2*1H;/q-1;;-1;;;+2/p-2. The number of aryl methyl sites for hydroxylation is 2. The van der Waals surface area contributed by atoms with Gasteiger partial charge >= 0.3 is 99.2 Å². The Hall–Kier alpha value is -2.44. The van der Waals surface area contributed by atoms with E-state index < -0.39 is 0 Å². The summed E-state index contributed by atoms with van der Waals surface area (Å²) in [6, 6.07) is 40.7. The van der Waals surface area contributed by atoms with Gasteiger partial charge in [0.15, 0.2) is 0 Å². The normalized spacial score (nSPS) is 11.5. The van der Waals surface area contributed by atoms with Gasteiger partial charge in [-0.3, -0.25) is 0 Å². The molecule has 0 saturated heterocycles. The minimum atomic E-state index is 0. The molecule has 0 aromatic heterocycles. The third-order valence-electron chi connectivity index (χ3n) is 8.56. The third-order valence-corrected chi connectivity index (χ3v) is 9.97. The molecule has 1 aliphatic carbocycles. The molecule has 6 rings (SSSR count). The Balaban J connectivity index is 0.000000258. The zero-order valence-electron chi connectivity index (χ0n) is 29.9. The summed E-state index contributed by atoms with van der Waals surface area (Å²) >= 11 is 1.46. The number of rotatable bonds is 3. The Morgan fingerprint density at radius 2 is 1.21 bits per heavy atom. The van der Waals surface area contributed by atoms with Gasteiger partial charge in [0.1, 0.15) is 0 Å². The quantitative estimate of drug-likeness (QED) is 0.207. The van der Waals surface area contributed by atoms with Gasteiger partial charge in [-0.1, -0.05) is 110 Å². The second-order valence-electron chi connectivity index (χ2n) is 14.8. The summed E-state index contributed by atoms with van der Waals surface area (Å²) in [4.78, 5) is 0. The van der Waals surface area contributed by atoms with Crippen LogP contribution < -0.4 is 24.8 Å². The van der Waals surface area contributed by atoms with Crippen LogP contribution in [-0.2, 0) is 41.5 Å². The molecule has 0 bridgehead atoms. The number of hydrogen-bond acceptors (Lipinski definition) is 0. The van der Waals surface area contributed by atoms with Crippen LogP contribution in [0.5, 0.6) is 0 Å². The van der Waals surface area contributed by atoms with Crippen molar-refractivity contribution in [1.29, 1.82) is 0 Å². The molecular weight excluding hydrogens is 691 g/mol. The molecule has 1 aliphatic rings.